The van der Waals surface area contributed by atoms with Gasteiger partial charge in [0, 0.05) is 10.7 Å². The second-order valence-corrected chi connectivity index (χ2v) is 4.66. The number of primary amides is 1. The second kappa shape index (κ2) is 7.49. The number of amides is 2. The molecule has 0 fully saturated rings. The fourth-order valence-electron chi connectivity index (χ4n) is 1.40. The Kier molecular flexibility index (Phi) is 5.99. The quantitative estimate of drug-likeness (QED) is 0.614. The van der Waals surface area contributed by atoms with Gasteiger partial charge in [-0.1, -0.05) is 11.6 Å². The summed E-state index contributed by atoms with van der Waals surface area (Å²) in [5, 5.41) is 4.33. The van der Waals surface area contributed by atoms with Gasteiger partial charge in [0.15, 0.2) is 6.61 Å². The summed E-state index contributed by atoms with van der Waals surface area (Å²) >= 11 is 5.82. The molecule has 0 radical (unpaired) electrons. The van der Waals surface area contributed by atoms with Gasteiger partial charge in [-0.3, -0.25) is 9.59 Å². The highest BCUT2D eigenvalue weighted by atomic mass is 35.5. The van der Waals surface area contributed by atoms with Crippen molar-refractivity contribution in [1.29, 1.82) is 0 Å². The molecule has 0 aliphatic heterocycles. The zero-order chi connectivity index (χ0) is 15.1. The molecule has 0 aromatic heterocycles. The molecule has 6 nitrogen and oxygen atoms in total. The van der Waals surface area contributed by atoms with E-state index >= 15 is 0 Å². The number of hydrogen-bond acceptors (Lipinski definition) is 4. The number of ether oxygens (including phenoxy) is 1. The molecule has 3 N–H and O–H groups in total. The summed E-state index contributed by atoms with van der Waals surface area (Å²) in [5.41, 5.74) is 8.53. The molecule has 0 saturated carbocycles. The minimum absolute atomic E-state index is 0.00255. The Morgan fingerprint density at radius 3 is 2.75 bits per heavy atom. The number of rotatable bonds is 6. The summed E-state index contributed by atoms with van der Waals surface area (Å²) < 4.78 is 5.34. The van der Waals surface area contributed by atoms with Crippen LogP contribution in [0.1, 0.15) is 18.9 Å². The van der Waals surface area contributed by atoms with E-state index in [1.54, 1.807) is 25.1 Å². The molecule has 0 aliphatic rings. The Labute approximate surface area is 121 Å². The van der Waals surface area contributed by atoms with E-state index in [-0.39, 0.29) is 13.0 Å². The van der Waals surface area contributed by atoms with Crippen LogP contribution < -0.4 is 15.9 Å². The lowest BCUT2D eigenvalue weighted by molar-refractivity contribution is -0.123. The van der Waals surface area contributed by atoms with Gasteiger partial charge < -0.3 is 10.5 Å². The molecule has 0 spiro atoms. The molecule has 7 heteroatoms. The van der Waals surface area contributed by atoms with E-state index in [0.717, 1.165) is 5.56 Å². The first-order chi connectivity index (χ1) is 9.38. The summed E-state index contributed by atoms with van der Waals surface area (Å²) in [6.07, 6.45) is -0.00255. The van der Waals surface area contributed by atoms with Crippen molar-refractivity contribution in [2.45, 2.75) is 20.3 Å². The molecule has 0 bridgehead atoms. The van der Waals surface area contributed by atoms with E-state index < -0.39 is 11.8 Å². The number of nitrogens with two attached hydrogens (primary N) is 1. The van der Waals surface area contributed by atoms with Gasteiger partial charge in [-0.15, -0.1) is 0 Å². The van der Waals surface area contributed by atoms with Crippen molar-refractivity contribution in [2.75, 3.05) is 6.61 Å². The third-order valence-corrected chi connectivity index (χ3v) is 2.53. The topological polar surface area (TPSA) is 93.8 Å². The Hall–Kier alpha value is -2.08. The van der Waals surface area contributed by atoms with Crippen LogP contribution in [-0.2, 0) is 9.59 Å². The van der Waals surface area contributed by atoms with Gasteiger partial charge in [0.1, 0.15) is 5.75 Å². The van der Waals surface area contributed by atoms with Crippen LogP contribution in [0.25, 0.3) is 0 Å². The van der Waals surface area contributed by atoms with Crippen LogP contribution in [0.15, 0.2) is 23.3 Å². The number of hydrogen-bond donors (Lipinski definition) is 2. The summed E-state index contributed by atoms with van der Waals surface area (Å²) in [7, 11) is 0. The van der Waals surface area contributed by atoms with Gasteiger partial charge in [-0.05, 0) is 37.6 Å². The van der Waals surface area contributed by atoms with E-state index in [0.29, 0.717) is 16.5 Å². The van der Waals surface area contributed by atoms with Crippen molar-refractivity contribution in [3.63, 3.8) is 0 Å². The lowest BCUT2D eigenvalue weighted by Gasteiger charge is -2.08. The van der Waals surface area contributed by atoms with Crippen molar-refractivity contribution in [3.8, 4) is 5.75 Å². The number of nitrogens with zero attached hydrogens (tertiary/aromatic N) is 1. The van der Waals surface area contributed by atoms with E-state index in [4.69, 9.17) is 22.1 Å². The van der Waals surface area contributed by atoms with Gasteiger partial charge in [0.05, 0.1) is 6.42 Å². The van der Waals surface area contributed by atoms with Gasteiger partial charge >= 0.3 is 0 Å². The van der Waals surface area contributed by atoms with E-state index in [9.17, 15) is 9.59 Å². The Balaban J connectivity index is 2.45. The first kappa shape index (κ1) is 16.0. The second-order valence-electron chi connectivity index (χ2n) is 4.22. The molecular weight excluding hydrogens is 282 g/mol. The Morgan fingerprint density at radius 1 is 1.45 bits per heavy atom. The molecule has 1 aromatic rings. The van der Waals surface area contributed by atoms with Crippen molar-refractivity contribution in [3.05, 3.63) is 28.8 Å². The minimum Gasteiger partial charge on any atom is -0.483 e. The Bertz CT molecular complexity index is 544. The summed E-state index contributed by atoms with van der Waals surface area (Å²) in [6.45, 7) is 3.24. The van der Waals surface area contributed by atoms with Crippen molar-refractivity contribution in [2.24, 2.45) is 10.8 Å². The fraction of sp³-hybridized carbons (Fsp3) is 0.308. The normalized spacial score (nSPS) is 11.1. The van der Waals surface area contributed by atoms with E-state index in [1.807, 2.05) is 6.92 Å². The highest BCUT2D eigenvalue weighted by Crippen LogP contribution is 2.21. The van der Waals surface area contributed by atoms with Crippen LogP contribution in [0.3, 0.4) is 0 Å². The maximum absolute atomic E-state index is 11.5. The monoisotopic (exact) mass is 297 g/mol. The predicted octanol–water partition coefficient (Wildman–Crippen LogP) is 1.39. The number of hydrazone groups is 1. The molecule has 2 amide bonds. The number of carbonyl (C=O) groups excluding carboxylic acids is 2. The molecule has 1 rings (SSSR count). The van der Waals surface area contributed by atoms with Gasteiger partial charge in [0.2, 0.25) is 5.91 Å². The van der Waals surface area contributed by atoms with Gasteiger partial charge in [-0.25, -0.2) is 5.43 Å². The van der Waals surface area contributed by atoms with E-state index in [1.165, 1.54) is 0 Å². The maximum Gasteiger partial charge on any atom is 0.277 e. The highest BCUT2D eigenvalue weighted by Gasteiger charge is 2.05. The zero-order valence-electron chi connectivity index (χ0n) is 11.3. The maximum atomic E-state index is 11.5. The van der Waals surface area contributed by atoms with Crippen LogP contribution in [0.4, 0.5) is 0 Å². The number of benzene rings is 1. The van der Waals surface area contributed by atoms with Crippen LogP contribution in [-0.4, -0.2) is 24.1 Å². The molecular formula is C13H16ClN3O3. The SMILES string of the molecule is C/C(CC(N)=O)=N\NC(=O)COc1ccc(Cl)cc1C. The largest absolute Gasteiger partial charge is 0.483 e. The molecule has 0 atom stereocenters. The fourth-order valence-corrected chi connectivity index (χ4v) is 1.63. The molecule has 1 aromatic carbocycles. The first-order valence-electron chi connectivity index (χ1n) is 5.87. The van der Waals surface area contributed by atoms with Crippen molar-refractivity contribution < 1.29 is 14.3 Å². The summed E-state index contributed by atoms with van der Waals surface area (Å²) in [5.74, 6) is -0.362. The molecule has 0 heterocycles. The number of nitrogens with one attached hydrogen (secondary N) is 1. The third kappa shape index (κ3) is 5.71. The van der Waals surface area contributed by atoms with Crippen LogP contribution in [0.2, 0.25) is 5.02 Å². The minimum atomic E-state index is -0.506. The van der Waals surface area contributed by atoms with Crippen molar-refractivity contribution >= 4 is 29.1 Å². The predicted molar refractivity (Wildman–Crippen MR) is 76.7 cm³/mol. The standard InChI is InChI=1S/C13H16ClN3O3/c1-8-5-10(14)3-4-11(8)20-7-13(19)17-16-9(2)6-12(15)18/h3-5H,6-7H2,1-2H3,(H2,15,18)(H,17,19)/b16-9+. The average Bonchev–Trinajstić information content (AvgIpc) is 2.34. The zero-order valence-corrected chi connectivity index (χ0v) is 12.0. The molecule has 0 saturated heterocycles. The van der Waals surface area contributed by atoms with Crippen LogP contribution >= 0.6 is 11.6 Å². The average molecular weight is 298 g/mol. The van der Waals surface area contributed by atoms with Crippen molar-refractivity contribution in [1.82, 2.24) is 5.43 Å². The molecule has 0 aliphatic carbocycles. The molecule has 108 valence electrons. The first-order valence-corrected chi connectivity index (χ1v) is 6.25. The van der Waals surface area contributed by atoms with Gasteiger partial charge in [-0.2, -0.15) is 5.10 Å². The van der Waals surface area contributed by atoms with Crippen LogP contribution in [0.5, 0.6) is 5.75 Å². The number of aryl methyl sites for hydroxylation is 1. The Morgan fingerprint density at radius 2 is 2.15 bits per heavy atom. The lowest BCUT2D eigenvalue weighted by Crippen LogP contribution is -2.26. The van der Waals surface area contributed by atoms with Gasteiger partial charge in [0.25, 0.3) is 5.91 Å². The number of halogens is 1. The summed E-state index contributed by atoms with van der Waals surface area (Å²) in [6, 6.07) is 5.10. The smallest absolute Gasteiger partial charge is 0.277 e. The van der Waals surface area contributed by atoms with E-state index in [2.05, 4.69) is 10.5 Å². The summed E-state index contributed by atoms with van der Waals surface area (Å²) in [4.78, 5) is 22.1. The molecule has 20 heavy (non-hydrogen) atoms. The third-order valence-electron chi connectivity index (χ3n) is 2.30. The molecule has 0 unspecified atom stereocenters. The number of carbonyl (C=O) groups is 2. The highest BCUT2D eigenvalue weighted by molar-refractivity contribution is 6.30. The van der Waals surface area contributed by atoms with Crippen LogP contribution in [0, 0.1) is 6.92 Å². The lowest BCUT2D eigenvalue weighted by atomic mass is 10.2.